The third kappa shape index (κ3) is 3.56. The average molecular weight is 470 g/mol. The van der Waals surface area contributed by atoms with Crippen molar-refractivity contribution in [2.75, 3.05) is 11.0 Å². The van der Waals surface area contributed by atoms with Gasteiger partial charge in [-0.1, -0.05) is 114 Å². The van der Waals surface area contributed by atoms with E-state index in [0.29, 0.717) is 6.61 Å². The fourth-order valence-corrected chi connectivity index (χ4v) is 4.26. The van der Waals surface area contributed by atoms with Gasteiger partial charge in [-0.15, -0.1) is 0 Å². The largest absolute Gasteiger partial charge is 0.363 e. The predicted octanol–water partition coefficient (Wildman–Crippen LogP) is 5.59. The van der Waals surface area contributed by atoms with Crippen molar-refractivity contribution in [2.24, 2.45) is 0 Å². The number of ether oxygens (including phenoxy) is 2. The monoisotopic (exact) mass is 470 g/mol. The van der Waals surface area contributed by atoms with E-state index in [-0.39, 0.29) is 11.7 Å². The Morgan fingerprint density at radius 3 is 1.56 bits per heavy atom. The molecule has 0 bridgehead atoms. The van der Waals surface area contributed by atoms with Gasteiger partial charge in [0.2, 0.25) is 0 Å². The molecule has 0 aromatic heterocycles. The molecule has 138 valence electrons. The van der Waals surface area contributed by atoms with Crippen molar-refractivity contribution in [1.29, 1.82) is 0 Å². The molecule has 1 aliphatic heterocycles. The zero-order valence-electron chi connectivity index (χ0n) is 15.3. The lowest BCUT2D eigenvalue weighted by Crippen LogP contribution is -2.35. The van der Waals surface area contributed by atoms with Gasteiger partial charge in [-0.3, -0.25) is 0 Å². The Hall–Kier alpha value is -1.69. The zero-order valence-corrected chi connectivity index (χ0v) is 17.5. The molecule has 3 aromatic rings. The normalized spacial score (nSPS) is 21.8. The molecule has 0 N–H and O–H groups in total. The molecule has 0 spiro atoms. The van der Waals surface area contributed by atoms with Gasteiger partial charge in [0.25, 0.3) is 0 Å². The number of alkyl halides is 1. The highest BCUT2D eigenvalue weighted by Gasteiger charge is 2.52. The molecule has 1 heterocycles. The van der Waals surface area contributed by atoms with E-state index >= 15 is 0 Å². The van der Waals surface area contributed by atoms with Crippen LogP contribution in [-0.4, -0.2) is 22.7 Å². The van der Waals surface area contributed by atoms with E-state index in [9.17, 15) is 0 Å². The molecule has 0 amide bonds. The van der Waals surface area contributed by atoms with Crippen LogP contribution in [0, 0.1) is 0 Å². The molecule has 3 aromatic carbocycles. The van der Waals surface area contributed by atoms with Crippen LogP contribution in [0.25, 0.3) is 0 Å². The Bertz CT molecular complexity index is 770. The van der Waals surface area contributed by atoms with Gasteiger partial charge >= 0.3 is 0 Å². The SMILES string of the molecule is C[C@@]1(CI)O[C@@H]1COC(c1ccccc1)(c1ccccc1)c1ccccc1. The molecule has 3 heteroatoms. The van der Waals surface area contributed by atoms with Crippen molar-refractivity contribution >= 4 is 22.6 Å². The molecular formula is C24H23IO2. The highest BCUT2D eigenvalue weighted by Crippen LogP contribution is 2.44. The number of hydrogen-bond acceptors (Lipinski definition) is 2. The first-order chi connectivity index (χ1) is 13.2. The minimum atomic E-state index is -0.665. The molecule has 1 aliphatic rings. The third-order valence-electron chi connectivity index (χ3n) is 5.29. The second kappa shape index (κ2) is 7.74. The summed E-state index contributed by atoms with van der Waals surface area (Å²) >= 11 is 2.39. The maximum Gasteiger partial charge on any atom is 0.143 e. The molecule has 0 saturated carbocycles. The van der Waals surface area contributed by atoms with E-state index in [2.05, 4.69) is 102 Å². The number of epoxide rings is 1. The number of rotatable bonds is 7. The Morgan fingerprint density at radius 2 is 1.22 bits per heavy atom. The van der Waals surface area contributed by atoms with Gasteiger partial charge in [-0.05, 0) is 23.6 Å². The van der Waals surface area contributed by atoms with Crippen LogP contribution < -0.4 is 0 Å². The third-order valence-corrected chi connectivity index (χ3v) is 6.81. The van der Waals surface area contributed by atoms with Crippen molar-refractivity contribution in [2.45, 2.75) is 24.2 Å². The second-order valence-electron chi connectivity index (χ2n) is 7.14. The van der Waals surface area contributed by atoms with Crippen molar-refractivity contribution < 1.29 is 9.47 Å². The van der Waals surface area contributed by atoms with Crippen LogP contribution in [0.4, 0.5) is 0 Å². The molecule has 2 atom stereocenters. The quantitative estimate of drug-likeness (QED) is 0.195. The number of benzene rings is 3. The molecule has 2 nitrogen and oxygen atoms in total. The summed E-state index contributed by atoms with van der Waals surface area (Å²) in [6, 6.07) is 31.4. The van der Waals surface area contributed by atoms with Crippen molar-refractivity contribution in [3.05, 3.63) is 108 Å². The van der Waals surface area contributed by atoms with Crippen molar-refractivity contribution in [1.82, 2.24) is 0 Å². The highest BCUT2D eigenvalue weighted by atomic mass is 127. The van der Waals surface area contributed by atoms with Gasteiger partial charge in [0.1, 0.15) is 17.3 Å². The van der Waals surface area contributed by atoms with Gasteiger partial charge in [0.15, 0.2) is 0 Å². The maximum absolute atomic E-state index is 6.78. The van der Waals surface area contributed by atoms with Gasteiger partial charge in [-0.2, -0.15) is 0 Å². The minimum Gasteiger partial charge on any atom is -0.363 e. The van der Waals surface area contributed by atoms with E-state index in [1.165, 1.54) is 0 Å². The number of halogens is 1. The van der Waals surface area contributed by atoms with E-state index in [4.69, 9.17) is 9.47 Å². The minimum absolute atomic E-state index is 0.0731. The summed E-state index contributed by atoms with van der Waals surface area (Å²) in [6.45, 7) is 2.71. The molecule has 1 saturated heterocycles. The van der Waals surface area contributed by atoms with Crippen LogP contribution in [0.3, 0.4) is 0 Å². The van der Waals surface area contributed by atoms with Gasteiger partial charge < -0.3 is 9.47 Å². The molecule has 0 unspecified atom stereocenters. The lowest BCUT2D eigenvalue weighted by Gasteiger charge is -2.36. The Balaban J connectivity index is 1.82. The molecular weight excluding hydrogens is 447 g/mol. The summed E-state index contributed by atoms with van der Waals surface area (Å²) in [5.74, 6) is 0. The number of hydrogen-bond donors (Lipinski definition) is 0. The molecule has 4 rings (SSSR count). The van der Waals surface area contributed by atoms with Gasteiger partial charge in [0, 0.05) is 4.43 Å². The first-order valence-electron chi connectivity index (χ1n) is 9.23. The average Bonchev–Trinajstić information content (AvgIpc) is 3.41. The van der Waals surface area contributed by atoms with Crippen LogP contribution in [0.1, 0.15) is 23.6 Å². The first-order valence-corrected chi connectivity index (χ1v) is 10.8. The van der Waals surface area contributed by atoms with Crippen LogP contribution in [0.2, 0.25) is 0 Å². The fourth-order valence-electron chi connectivity index (χ4n) is 3.59. The molecule has 27 heavy (non-hydrogen) atoms. The highest BCUT2D eigenvalue weighted by molar-refractivity contribution is 14.1. The zero-order chi connectivity index (χ0) is 18.7. The summed E-state index contributed by atoms with van der Waals surface area (Å²) in [6.07, 6.45) is 0.130. The topological polar surface area (TPSA) is 21.8 Å². The van der Waals surface area contributed by atoms with E-state index in [1.807, 2.05) is 18.2 Å². The molecule has 0 aliphatic carbocycles. The second-order valence-corrected chi connectivity index (χ2v) is 7.91. The van der Waals surface area contributed by atoms with Crippen LogP contribution >= 0.6 is 22.6 Å². The van der Waals surface area contributed by atoms with Gasteiger partial charge in [0.05, 0.1) is 6.61 Å². The van der Waals surface area contributed by atoms with Crippen LogP contribution in [0.5, 0.6) is 0 Å². The Kier molecular flexibility index (Phi) is 5.35. The molecule has 0 radical (unpaired) electrons. The van der Waals surface area contributed by atoms with Crippen LogP contribution in [-0.2, 0) is 15.1 Å². The summed E-state index contributed by atoms with van der Waals surface area (Å²) in [5, 5.41) is 0. The summed E-state index contributed by atoms with van der Waals surface area (Å²) in [4.78, 5) is 0. The lowest BCUT2D eigenvalue weighted by atomic mass is 9.80. The van der Waals surface area contributed by atoms with Crippen LogP contribution in [0.15, 0.2) is 91.0 Å². The summed E-state index contributed by atoms with van der Waals surface area (Å²) in [5.41, 5.74) is 2.64. The predicted molar refractivity (Wildman–Crippen MR) is 117 cm³/mol. The smallest absolute Gasteiger partial charge is 0.143 e. The maximum atomic E-state index is 6.78. The molecule has 1 fully saturated rings. The first kappa shape index (κ1) is 18.7. The standard InChI is InChI=1S/C24H23IO2/c1-23(18-25)22(27-23)17-26-24(19-11-5-2-6-12-19,20-13-7-3-8-14-20)21-15-9-4-10-16-21/h2-16,22H,17-18H2,1H3/t22-,23+/m1/s1. The lowest BCUT2D eigenvalue weighted by molar-refractivity contribution is 0.00423. The summed E-state index contributed by atoms with van der Waals surface area (Å²) in [7, 11) is 0. The van der Waals surface area contributed by atoms with E-state index in [0.717, 1.165) is 21.1 Å². The van der Waals surface area contributed by atoms with Crippen molar-refractivity contribution in [3.63, 3.8) is 0 Å². The summed E-state index contributed by atoms with van der Waals surface area (Å²) < 4.78 is 13.7. The van der Waals surface area contributed by atoms with E-state index < -0.39 is 5.60 Å². The fraction of sp³-hybridized carbons (Fsp3) is 0.250. The Labute approximate surface area is 174 Å². The van der Waals surface area contributed by atoms with Crippen molar-refractivity contribution in [3.8, 4) is 0 Å². The van der Waals surface area contributed by atoms with Gasteiger partial charge in [-0.25, -0.2) is 0 Å². The van der Waals surface area contributed by atoms with E-state index in [1.54, 1.807) is 0 Å². The Morgan fingerprint density at radius 1 is 0.815 bits per heavy atom.